The standard InChI is InChI=1S/C20H22F2N2O3S/c1-13-9-14(2)12-24(11-13)28(26,27)17-6-4-16(5-7-17)23-20(25)18-8-3-15(21)10-19(18)22/h3-8,10,13-14H,9,11-12H2,1-2H3,(H,23,25)/t13-,14+. The van der Waals surface area contributed by atoms with E-state index in [-0.39, 0.29) is 10.5 Å². The number of hydrogen-bond donors (Lipinski definition) is 1. The monoisotopic (exact) mass is 408 g/mol. The predicted molar refractivity (Wildman–Crippen MR) is 102 cm³/mol. The zero-order chi connectivity index (χ0) is 20.5. The molecule has 1 N–H and O–H groups in total. The molecule has 0 aliphatic carbocycles. The molecule has 0 bridgehead atoms. The SMILES string of the molecule is C[C@@H]1C[C@H](C)CN(S(=O)(=O)c2ccc(NC(=O)c3ccc(F)cc3F)cc2)C1. The smallest absolute Gasteiger partial charge is 0.258 e. The number of halogens is 2. The van der Waals surface area contributed by atoms with E-state index in [9.17, 15) is 22.0 Å². The van der Waals surface area contributed by atoms with Crippen molar-refractivity contribution in [2.24, 2.45) is 11.8 Å². The first-order valence-electron chi connectivity index (χ1n) is 9.03. The highest BCUT2D eigenvalue weighted by Crippen LogP contribution is 2.27. The Morgan fingerprint density at radius 1 is 1.04 bits per heavy atom. The Morgan fingerprint density at radius 3 is 2.21 bits per heavy atom. The minimum atomic E-state index is -3.62. The van der Waals surface area contributed by atoms with Gasteiger partial charge in [-0.1, -0.05) is 13.8 Å². The Morgan fingerprint density at radius 2 is 1.64 bits per heavy atom. The molecule has 0 saturated carbocycles. The van der Waals surface area contributed by atoms with Crippen molar-refractivity contribution in [1.29, 1.82) is 0 Å². The van der Waals surface area contributed by atoms with Crippen LogP contribution in [0.1, 0.15) is 30.6 Å². The molecule has 1 aliphatic rings. The van der Waals surface area contributed by atoms with Crippen molar-refractivity contribution in [3.8, 4) is 0 Å². The quantitative estimate of drug-likeness (QED) is 0.835. The molecule has 0 aromatic heterocycles. The van der Waals surface area contributed by atoms with E-state index < -0.39 is 27.6 Å². The van der Waals surface area contributed by atoms with Gasteiger partial charge in [0, 0.05) is 24.8 Å². The fourth-order valence-electron chi connectivity index (χ4n) is 3.53. The molecule has 0 radical (unpaired) electrons. The van der Waals surface area contributed by atoms with Gasteiger partial charge in [-0.2, -0.15) is 4.31 Å². The van der Waals surface area contributed by atoms with Gasteiger partial charge in [0.1, 0.15) is 11.6 Å². The number of benzene rings is 2. The molecule has 1 aliphatic heterocycles. The molecular weight excluding hydrogens is 386 g/mol. The number of anilines is 1. The van der Waals surface area contributed by atoms with Crippen molar-refractivity contribution in [1.82, 2.24) is 4.31 Å². The highest BCUT2D eigenvalue weighted by atomic mass is 32.2. The Labute approximate surface area is 163 Å². The van der Waals surface area contributed by atoms with Crippen LogP contribution in [0.4, 0.5) is 14.5 Å². The molecular formula is C20H22F2N2O3S. The molecule has 28 heavy (non-hydrogen) atoms. The van der Waals surface area contributed by atoms with Crippen LogP contribution in [0.2, 0.25) is 0 Å². The third-order valence-corrected chi connectivity index (χ3v) is 6.61. The number of carbonyl (C=O) groups is 1. The van der Waals surface area contributed by atoms with Crippen LogP contribution in [0.25, 0.3) is 0 Å². The molecule has 2 aromatic carbocycles. The van der Waals surface area contributed by atoms with Gasteiger partial charge in [-0.3, -0.25) is 4.79 Å². The average Bonchev–Trinajstić information content (AvgIpc) is 2.61. The fourth-order valence-corrected chi connectivity index (χ4v) is 5.21. The molecule has 1 saturated heterocycles. The van der Waals surface area contributed by atoms with E-state index in [0.29, 0.717) is 36.7 Å². The highest BCUT2D eigenvalue weighted by molar-refractivity contribution is 7.89. The molecule has 2 atom stereocenters. The summed E-state index contributed by atoms with van der Waals surface area (Å²) in [5.74, 6) is -1.90. The van der Waals surface area contributed by atoms with Gasteiger partial charge in [0.15, 0.2) is 0 Å². The van der Waals surface area contributed by atoms with E-state index >= 15 is 0 Å². The van der Waals surface area contributed by atoms with Gasteiger partial charge in [-0.05, 0) is 54.7 Å². The van der Waals surface area contributed by atoms with Crippen LogP contribution in [0.3, 0.4) is 0 Å². The number of amides is 1. The predicted octanol–water partition coefficient (Wildman–Crippen LogP) is 3.88. The summed E-state index contributed by atoms with van der Waals surface area (Å²) in [4.78, 5) is 12.3. The van der Waals surface area contributed by atoms with Gasteiger partial charge in [-0.25, -0.2) is 17.2 Å². The van der Waals surface area contributed by atoms with E-state index in [1.807, 2.05) is 13.8 Å². The lowest BCUT2D eigenvalue weighted by Gasteiger charge is -2.34. The van der Waals surface area contributed by atoms with Gasteiger partial charge in [0.25, 0.3) is 5.91 Å². The third-order valence-electron chi connectivity index (χ3n) is 4.76. The Balaban J connectivity index is 1.75. The van der Waals surface area contributed by atoms with Crippen LogP contribution < -0.4 is 5.32 Å². The first-order valence-corrected chi connectivity index (χ1v) is 10.5. The van der Waals surface area contributed by atoms with Crippen LogP contribution in [0.5, 0.6) is 0 Å². The summed E-state index contributed by atoms with van der Waals surface area (Å²) < 4.78 is 53.9. The number of sulfonamides is 1. The second-order valence-electron chi connectivity index (χ2n) is 7.37. The largest absolute Gasteiger partial charge is 0.322 e. The molecule has 1 heterocycles. The van der Waals surface area contributed by atoms with Gasteiger partial charge in [0.2, 0.25) is 10.0 Å². The van der Waals surface area contributed by atoms with Crippen molar-refractivity contribution in [3.05, 3.63) is 59.7 Å². The van der Waals surface area contributed by atoms with E-state index in [4.69, 9.17) is 0 Å². The van der Waals surface area contributed by atoms with Crippen molar-refractivity contribution in [2.45, 2.75) is 25.2 Å². The molecule has 1 fully saturated rings. The zero-order valence-electron chi connectivity index (χ0n) is 15.7. The lowest BCUT2D eigenvalue weighted by Crippen LogP contribution is -2.42. The normalized spacial score (nSPS) is 20.7. The summed E-state index contributed by atoms with van der Waals surface area (Å²) in [5.41, 5.74) is 0.0162. The minimum absolute atomic E-state index is 0.139. The Bertz CT molecular complexity index is 967. The van der Waals surface area contributed by atoms with E-state index in [1.165, 1.54) is 28.6 Å². The maximum absolute atomic E-state index is 13.7. The molecule has 1 amide bonds. The maximum atomic E-state index is 13.7. The number of nitrogens with one attached hydrogen (secondary N) is 1. The van der Waals surface area contributed by atoms with Crippen molar-refractivity contribution in [2.75, 3.05) is 18.4 Å². The molecule has 3 rings (SSSR count). The van der Waals surface area contributed by atoms with Crippen LogP contribution >= 0.6 is 0 Å². The molecule has 5 nitrogen and oxygen atoms in total. The molecule has 2 aromatic rings. The highest BCUT2D eigenvalue weighted by Gasteiger charge is 2.31. The Kier molecular flexibility index (Phi) is 5.81. The molecule has 0 unspecified atom stereocenters. The molecule has 8 heteroatoms. The molecule has 150 valence electrons. The third kappa shape index (κ3) is 4.39. The van der Waals surface area contributed by atoms with Crippen LogP contribution in [-0.4, -0.2) is 31.7 Å². The van der Waals surface area contributed by atoms with Crippen molar-refractivity contribution >= 4 is 21.6 Å². The average molecular weight is 408 g/mol. The maximum Gasteiger partial charge on any atom is 0.258 e. The van der Waals surface area contributed by atoms with Crippen molar-refractivity contribution < 1.29 is 22.0 Å². The van der Waals surface area contributed by atoms with Crippen LogP contribution in [-0.2, 0) is 10.0 Å². The van der Waals surface area contributed by atoms with Gasteiger partial charge >= 0.3 is 0 Å². The van der Waals surface area contributed by atoms with Crippen molar-refractivity contribution in [3.63, 3.8) is 0 Å². The number of rotatable bonds is 4. The van der Waals surface area contributed by atoms with Crippen LogP contribution in [0.15, 0.2) is 47.4 Å². The zero-order valence-corrected chi connectivity index (χ0v) is 16.5. The van der Waals surface area contributed by atoms with E-state index in [1.54, 1.807) is 0 Å². The number of piperidine rings is 1. The summed E-state index contributed by atoms with van der Waals surface area (Å²) in [5, 5.41) is 2.48. The summed E-state index contributed by atoms with van der Waals surface area (Å²) >= 11 is 0. The minimum Gasteiger partial charge on any atom is -0.322 e. The lowest BCUT2D eigenvalue weighted by atomic mass is 9.94. The number of hydrogen-bond acceptors (Lipinski definition) is 3. The first-order chi connectivity index (χ1) is 13.2. The second-order valence-corrected chi connectivity index (χ2v) is 9.31. The van der Waals surface area contributed by atoms with Gasteiger partial charge < -0.3 is 5.32 Å². The molecule has 0 spiro atoms. The summed E-state index contributed by atoms with van der Waals surface area (Å²) in [7, 11) is -3.62. The number of nitrogens with zero attached hydrogens (tertiary/aromatic N) is 1. The fraction of sp³-hybridized carbons (Fsp3) is 0.350. The van der Waals surface area contributed by atoms with E-state index in [2.05, 4.69) is 5.32 Å². The topological polar surface area (TPSA) is 66.5 Å². The van der Waals surface area contributed by atoms with Gasteiger partial charge in [0.05, 0.1) is 10.5 Å². The van der Waals surface area contributed by atoms with Crippen LogP contribution in [0, 0.1) is 23.5 Å². The van der Waals surface area contributed by atoms with E-state index in [0.717, 1.165) is 18.6 Å². The lowest BCUT2D eigenvalue weighted by molar-refractivity contribution is 0.102. The summed E-state index contributed by atoms with van der Waals surface area (Å²) in [6, 6.07) is 8.40. The Hall–Kier alpha value is -2.32. The summed E-state index contributed by atoms with van der Waals surface area (Å²) in [6.45, 7) is 5.03. The number of carbonyl (C=O) groups excluding carboxylic acids is 1. The second kappa shape index (κ2) is 7.97. The van der Waals surface area contributed by atoms with Gasteiger partial charge in [-0.15, -0.1) is 0 Å². The summed E-state index contributed by atoms with van der Waals surface area (Å²) in [6.07, 6.45) is 0.997. The first kappa shape index (κ1) is 20.4.